The maximum Gasteiger partial charge on any atom is 0.296 e. The molecule has 16 heavy (non-hydrogen) atoms. The van der Waals surface area contributed by atoms with Gasteiger partial charge in [-0.15, -0.1) is 0 Å². The van der Waals surface area contributed by atoms with E-state index in [4.69, 9.17) is 26.4 Å². The molecule has 0 bridgehead atoms. The van der Waals surface area contributed by atoms with Gasteiger partial charge in [-0.2, -0.15) is 16.8 Å². The van der Waals surface area contributed by atoms with Crippen molar-refractivity contribution in [2.45, 2.75) is 9.79 Å². The van der Waals surface area contributed by atoms with Gasteiger partial charge in [-0.25, -0.2) is 0 Å². The second-order valence-electron chi connectivity index (χ2n) is 2.74. The summed E-state index contributed by atoms with van der Waals surface area (Å²) in [5, 5.41) is -0.669. The van der Waals surface area contributed by atoms with Gasteiger partial charge in [0, 0.05) is 0 Å². The summed E-state index contributed by atoms with van der Waals surface area (Å²) in [6, 6.07) is 1.44. The lowest BCUT2D eigenvalue weighted by Crippen LogP contribution is -2.07. The number of nitrogens with two attached hydrogens (primary N) is 1. The van der Waals surface area contributed by atoms with E-state index in [-0.39, 0.29) is 0 Å². The van der Waals surface area contributed by atoms with Gasteiger partial charge >= 0.3 is 0 Å². The molecular formula is C6H6ClNO6S2. The van der Waals surface area contributed by atoms with Crippen LogP contribution in [0.25, 0.3) is 0 Å². The van der Waals surface area contributed by atoms with E-state index in [0.29, 0.717) is 0 Å². The molecule has 0 heterocycles. The lowest BCUT2D eigenvalue weighted by atomic mass is 10.3. The van der Waals surface area contributed by atoms with Gasteiger partial charge in [0.25, 0.3) is 20.2 Å². The van der Waals surface area contributed by atoms with E-state index >= 15 is 0 Å². The van der Waals surface area contributed by atoms with Gasteiger partial charge in [0.15, 0.2) is 0 Å². The SMILES string of the molecule is Nc1c(S(=O)(=O)O)ccc(S(=O)(=O)O)c1Cl. The standard InChI is InChI=1S/C6H6ClNO6S2/c7-5-3(15(9,10)11)1-2-4(6(5)8)16(12,13)14/h1-2H,8H2,(H,9,10,11)(H,12,13,14). The zero-order chi connectivity index (χ0) is 12.7. The summed E-state index contributed by atoms with van der Waals surface area (Å²) in [5.74, 6) is 0. The van der Waals surface area contributed by atoms with Crippen molar-refractivity contribution >= 4 is 37.5 Å². The van der Waals surface area contributed by atoms with Crippen molar-refractivity contribution < 1.29 is 25.9 Å². The quantitative estimate of drug-likeness (QED) is 0.529. The van der Waals surface area contributed by atoms with Crippen molar-refractivity contribution in [1.82, 2.24) is 0 Å². The molecule has 4 N–H and O–H groups in total. The number of anilines is 1. The first-order valence-electron chi connectivity index (χ1n) is 3.58. The van der Waals surface area contributed by atoms with Gasteiger partial charge in [0.1, 0.15) is 9.79 Å². The highest BCUT2D eigenvalue weighted by molar-refractivity contribution is 7.86. The van der Waals surface area contributed by atoms with Crippen LogP contribution < -0.4 is 5.73 Å². The Balaban J connectivity index is 3.67. The van der Waals surface area contributed by atoms with E-state index in [0.717, 1.165) is 12.1 Å². The first-order valence-corrected chi connectivity index (χ1v) is 6.84. The van der Waals surface area contributed by atoms with Gasteiger partial charge in [-0.1, -0.05) is 11.6 Å². The van der Waals surface area contributed by atoms with Crippen LogP contribution >= 0.6 is 11.6 Å². The molecule has 0 saturated heterocycles. The topological polar surface area (TPSA) is 135 Å². The lowest BCUT2D eigenvalue weighted by Gasteiger charge is -2.07. The Morgan fingerprint density at radius 2 is 1.38 bits per heavy atom. The minimum absolute atomic E-state index is 0.653. The van der Waals surface area contributed by atoms with Crippen LogP contribution in [0.5, 0.6) is 0 Å². The van der Waals surface area contributed by atoms with Crippen LogP contribution in [-0.2, 0) is 20.2 Å². The van der Waals surface area contributed by atoms with E-state index in [1.54, 1.807) is 0 Å². The zero-order valence-corrected chi connectivity index (χ0v) is 9.84. The van der Waals surface area contributed by atoms with Crippen LogP contribution in [-0.4, -0.2) is 25.9 Å². The molecule has 1 aromatic carbocycles. The molecule has 0 aromatic heterocycles. The molecule has 10 heteroatoms. The average molecular weight is 288 g/mol. The molecule has 0 radical (unpaired) electrons. The Hall–Kier alpha value is -0.870. The fourth-order valence-electron chi connectivity index (χ4n) is 0.979. The molecular weight excluding hydrogens is 282 g/mol. The highest BCUT2D eigenvalue weighted by Crippen LogP contribution is 2.32. The predicted molar refractivity (Wildman–Crippen MR) is 55.5 cm³/mol. The summed E-state index contributed by atoms with van der Waals surface area (Å²) in [4.78, 5) is -1.47. The highest BCUT2D eigenvalue weighted by atomic mass is 35.5. The van der Waals surface area contributed by atoms with E-state index < -0.39 is 40.7 Å². The first kappa shape index (κ1) is 13.2. The van der Waals surface area contributed by atoms with Crippen molar-refractivity contribution in [2.75, 3.05) is 5.73 Å². The number of hydrogen-bond donors (Lipinski definition) is 3. The molecule has 1 aromatic rings. The van der Waals surface area contributed by atoms with Gasteiger partial charge < -0.3 is 5.73 Å². The van der Waals surface area contributed by atoms with Gasteiger partial charge in [-0.05, 0) is 12.1 Å². The van der Waals surface area contributed by atoms with E-state index in [1.807, 2.05) is 0 Å². The Kier molecular flexibility index (Phi) is 3.18. The van der Waals surface area contributed by atoms with Crippen LogP contribution in [0.3, 0.4) is 0 Å². The number of benzene rings is 1. The van der Waals surface area contributed by atoms with Crippen molar-refractivity contribution in [2.24, 2.45) is 0 Å². The Morgan fingerprint density at radius 3 is 1.75 bits per heavy atom. The molecule has 0 aliphatic heterocycles. The van der Waals surface area contributed by atoms with Crippen molar-refractivity contribution in [3.05, 3.63) is 17.2 Å². The van der Waals surface area contributed by atoms with Gasteiger partial charge in [0.2, 0.25) is 0 Å². The Bertz CT molecular complexity index is 578. The number of rotatable bonds is 2. The number of nitrogen functional groups attached to an aromatic ring is 1. The third-order valence-corrected chi connectivity index (χ3v) is 3.99. The van der Waals surface area contributed by atoms with Crippen LogP contribution in [0, 0.1) is 0 Å². The van der Waals surface area contributed by atoms with E-state index in [1.165, 1.54) is 0 Å². The maximum absolute atomic E-state index is 10.8. The first-order chi connectivity index (χ1) is 7.05. The zero-order valence-electron chi connectivity index (χ0n) is 7.45. The van der Waals surface area contributed by atoms with E-state index in [9.17, 15) is 16.8 Å². The molecule has 90 valence electrons. The molecule has 0 atom stereocenters. The number of halogens is 1. The summed E-state index contributed by atoms with van der Waals surface area (Å²) in [5.41, 5.74) is 4.57. The van der Waals surface area contributed by atoms with Gasteiger partial charge in [0.05, 0.1) is 10.7 Å². The monoisotopic (exact) mass is 287 g/mol. The van der Waals surface area contributed by atoms with Crippen LogP contribution in [0.1, 0.15) is 0 Å². The highest BCUT2D eigenvalue weighted by Gasteiger charge is 2.23. The second-order valence-corrected chi connectivity index (χ2v) is 5.90. The maximum atomic E-state index is 10.8. The molecule has 0 saturated carbocycles. The van der Waals surface area contributed by atoms with E-state index in [2.05, 4.69) is 0 Å². The fourth-order valence-corrected chi connectivity index (χ4v) is 2.69. The van der Waals surface area contributed by atoms with Crippen LogP contribution in [0.15, 0.2) is 21.9 Å². The minimum Gasteiger partial charge on any atom is -0.396 e. The molecule has 0 spiro atoms. The summed E-state index contributed by atoms with van der Waals surface area (Å²) < 4.78 is 60.5. The minimum atomic E-state index is -4.61. The summed E-state index contributed by atoms with van der Waals surface area (Å²) >= 11 is 5.45. The third-order valence-electron chi connectivity index (χ3n) is 1.66. The Morgan fingerprint density at radius 1 is 1.00 bits per heavy atom. The molecule has 0 fully saturated rings. The lowest BCUT2D eigenvalue weighted by molar-refractivity contribution is 0.479. The normalized spacial score (nSPS) is 12.7. The van der Waals surface area contributed by atoms with Crippen molar-refractivity contribution in [3.63, 3.8) is 0 Å². The molecule has 7 nitrogen and oxygen atoms in total. The van der Waals surface area contributed by atoms with Gasteiger partial charge in [-0.3, -0.25) is 9.11 Å². The molecule has 0 unspecified atom stereocenters. The molecule has 0 amide bonds. The second kappa shape index (κ2) is 3.86. The molecule has 1 rings (SSSR count). The van der Waals surface area contributed by atoms with Crippen molar-refractivity contribution in [1.29, 1.82) is 0 Å². The summed E-state index contributed by atoms with van der Waals surface area (Å²) in [7, 11) is -9.21. The summed E-state index contributed by atoms with van der Waals surface area (Å²) in [6.07, 6.45) is 0. The Labute approximate surface area is 96.3 Å². The smallest absolute Gasteiger partial charge is 0.296 e. The summed E-state index contributed by atoms with van der Waals surface area (Å²) in [6.45, 7) is 0. The largest absolute Gasteiger partial charge is 0.396 e. The molecule has 0 aliphatic carbocycles. The predicted octanol–water partition coefficient (Wildman–Crippen LogP) is 0.416. The van der Waals surface area contributed by atoms with Crippen molar-refractivity contribution in [3.8, 4) is 0 Å². The number of hydrogen-bond acceptors (Lipinski definition) is 5. The van der Waals surface area contributed by atoms with Crippen LogP contribution in [0.4, 0.5) is 5.69 Å². The fraction of sp³-hybridized carbons (Fsp3) is 0. The van der Waals surface area contributed by atoms with Crippen LogP contribution in [0.2, 0.25) is 5.02 Å². The molecule has 0 aliphatic rings. The average Bonchev–Trinajstić information content (AvgIpc) is 2.05. The third kappa shape index (κ3) is 2.44.